The van der Waals surface area contributed by atoms with Crippen LogP contribution in [-0.2, 0) is 9.53 Å². The van der Waals surface area contributed by atoms with Crippen LogP contribution in [0, 0.1) is 5.41 Å². The summed E-state index contributed by atoms with van der Waals surface area (Å²) >= 11 is 0. The zero-order valence-corrected chi connectivity index (χ0v) is 12.4. The van der Waals surface area contributed by atoms with Crippen molar-refractivity contribution in [3.05, 3.63) is 29.8 Å². The minimum atomic E-state index is -0.431. The van der Waals surface area contributed by atoms with E-state index in [4.69, 9.17) is 10.5 Å². The van der Waals surface area contributed by atoms with Crippen molar-refractivity contribution in [2.45, 2.75) is 32.6 Å². The smallest absolute Gasteiger partial charge is 0.338 e. The molecule has 0 aromatic heterocycles. The van der Waals surface area contributed by atoms with Crippen molar-refractivity contribution in [2.75, 3.05) is 18.5 Å². The van der Waals surface area contributed by atoms with Gasteiger partial charge in [0.15, 0.2) is 0 Å². The largest absolute Gasteiger partial charge is 0.462 e. The van der Waals surface area contributed by atoms with Crippen LogP contribution in [0.25, 0.3) is 0 Å². The number of carbonyl (C=O) groups excluding carboxylic acids is 2. The van der Waals surface area contributed by atoms with Gasteiger partial charge in [-0.15, -0.1) is 0 Å². The lowest BCUT2D eigenvalue weighted by molar-refractivity contribution is -0.124. The second-order valence-electron chi connectivity index (χ2n) is 5.44. The van der Waals surface area contributed by atoms with Crippen molar-refractivity contribution < 1.29 is 14.3 Å². The molecule has 5 nitrogen and oxygen atoms in total. The fourth-order valence-corrected chi connectivity index (χ4v) is 2.74. The molecule has 1 saturated carbocycles. The number of esters is 1. The molecule has 2 rings (SSSR count). The van der Waals surface area contributed by atoms with Crippen molar-refractivity contribution in [1.82, 2.24) is 0 Å². The number of nitrogens with two attached hydrogens (primary N) is 1. The molecule has 1 fully saturated rings. The first kappa shape index (κ1) is 15.5. The van der Waals surface area contributed by atoms with Gasteiger partial charge in [-0.2, -0.15) is 0 Å². The summed E-state index contributed by atoms with van der Waals surface area (Å²) in [4.78, 5) is 24.0. The van der Waals surface area contributed by atoms with Crippen molar-refractivity contribution in [3.63, 3.8) is 0 Å². The number of benzene rings is 1. The minimum absolute atomic E-state index is 0.0219. The summed E-state index contributed by atoms with van der Waals surface area (Å²) in [5, 5.41) is 2.90. The van der Waals surface area contributed by atoms with Gasteiger partial charge in [0, 0.05) is 12.2 Å². The molecular weight excluding hydrogens is 268 g/mol. The predicted molar refractivity (Wildman–Crippen MR) is 81.0 cm³/mol. The number of rotatable bonds is 5. The van der Waals surface area contributed by atoms with E-state index in [1.54, 1.807) is 31.2 Å². The Hall–Kier alpha value is -1.88. The standard InChI is InChI=1S/C16H22N2O3/c1-2-21-14(19)12-5-7-13(8-6-12)18-15(20)16(11-17)9-3-4-10-16/h5-8H,2-4,9-11,17H2,1H3,(H,18,20). The number of ether oxygens (including phenoxy) is 1. The lowest BCUT2D eigenvalue weighted by Gasteiger charge is -2.25. The molecule has 1 aromatic carbocycles. The number of nitrogens with one attached hydrogen (secondary N) is 1. The summed E-state index contributed by atoms with van der Waals surface area (Å²) in [6, 6.07) is 6.72. The van der Waals surface area contributed by atoms with Gasteiger partial charge in [0.1, 0.15) is 0 Å². The first-order valence-electron chi connectivity index (χ1n) is 7.40. The second kappa shape index (κ2) is 6.72. The summed E-state index contributed by atoms with van der Waals surface area (Å²) in [6.07, 6.45) is 3.78. The Labute approximate surface area is 124 Å². The third-order valence-corrected chi connectivity index (χ3v) is 4.09. The van der Waals surface area contributed by atoms with Gasteiger partial charge in [0.2, 0.25) is 5.91 Å². The number of hydrogen-bond acceptors (Lipinski definition) is 4. The lowest BCUT2D eigenvalue weighted by atomic mass is 9.85. The predicted octanol–water partition coefficient (Wildman–Crippen LogP) is 2.32. The van der Waals surface area contributed by atoms with Gasteiger partial charge in [0.05, 0.1) is 17.6 Å². The van der Waals surface area contributed by atoms with Crippen molar-refractivity contribution in [1.29, 1.82) is 0 Å². The van der Waals surface area contributed by atoms with Crippen LogP contribution < -0.4 is 11.1 Å². The van der Waals surface area contributed by atoms with Gasteiger partial charge in [0.25, 0.3) is 0 Å². The second-order valence-corrected chi connectivity index (χ2v) is 5.44. The van der Waals surface area contributed by atoms with E-state index < -0.39 is 5.41 Å². The molecule has 0 aliphatic heterocycles. The Kier molecular flexibility index (Phi) is 4.96. The highest BCUT2D eigenvalue weighted by Gasteiger charge is 2.39. The van der Waals surface area contributed by atoms with E-state index in [-0.39, 0.29) is 11.9 Å². The van der Waals surface area contributed by atoms with Crippen LogP contribution in [-0.4, -0.2) is 25.0 Å². The van der Waals surface area contributed by atoms with E-state index >= 15 is 0 Å². The Morgan fingerprint density at radius 1 is 1.24 bits per heavy atom. The monoisotopic (exact) mass is 290 g/mol. The van der Waals surface area contributed by atoms with E-state index in [1.807, 2.05) is 0 Å². The fourth-order valence-electron chi connectivity index (χ4n) is 2.74. The Morgan fingerprint density at radius 3 is 2.38 bits per heavy atom. The molecule has 3 N–H and O–H groups in total. The van der Waals surface area contributed by atoms with Crippen LogP contribution in [0.1, 0.15) is 43.0 Å². The van der Waals surface area contributed by atoms with Crippen molar-refractivity contribution >= 4 is 17.6 Å². The summed E-state index contributed by atoms with van der Waals surface area (Å²) in [6.45, 7) is 2.48. The normalized spacial score (nSPS) is 16.5. The number of anilines is 1. The number of carbonyl (C=O) groups is 2. The van der Waals surface area contributed by atoms with E-state index in [0.717, 1.165) is 25.7 Å². The molecule has 1 amide bonds. The highest BCUT2D eigenvalue weighted by atomic mass is 16.5. The highest BCUT2D eigenvalue weighted by molar-refractivity contribution is 5.96. The van der Waals surface area contributed by atoms with Crippen LogP contribution in [0.15, 0.2) is 24.3 Å². The molecule has 0 atom stereocenters. The Balaban J connectivity index is 2.03. The molecule has 0 bridgehead atoms. The van der Waals surface area contributed by atoms with Crippen LogP contribution in [0.4, 0.5) is 5.69 Å². The maximum absolute atomic E-state index is 12.4. The van der Waals surface area contributed by atoms with Crippen LogP contribution >= 0.6 is 0 Å². The molecule has 5 heteroatoms. The van der Waals surface area contributed by atoms with Gasteiger partial charge in [-0.1, -0.05) is 12.8 Å². The van der Waals surface area contributed by atoms with Gasteiger partial charge >= 0.3 is 5.97 Å². The molecular formula is C16H22N2O3. The molecule has 0 saturated heterocycles. The van der Waals surface area contributed by atoms with Crippen molar-refractivity contribution in [3.8, 4) is 0 Å². The number of hydrogen-bond donors (Lipinski definition) is 2. The van der Waals surface area contributed by atoms with E-state index in [0.29, 0.717) is 24.4 Å². The molecule has 0 spiro atoms. The summed E-state index contributed by atoms with van der Waals surface area (Å²) in [5.74, 6) is -0.379. The average molecular weight is 290 g/mol. The maximum atomic E-state index is 12.4. The summed E-state index contributed by atoms with van der Waals surface area (Å²) < 4.78 is 4.92. The average Bonchev–Trinajstić information content (AvgIpc) is 2.98. The number of amides is 1. The molecule has 0 unspecified atom stereocenters. The molecule has 114 valence electrons. The van der Waals surface area contributed by atoms with Crippen LogP contribution in [0.2, 0.25) is 0 Å². The zero-order valence-electron chi connectivity index (χ0n) is 12.4. The Bertz CT molecular complexity index is 505. The highest BCUT2D eigenvalue weighted by Crippen LogP contribution is 2.38. The third kappa shape index (κ3) is 3.42. The van der Waals surface area contributed by atoms with Crippen LogP contribution in [0.5, 0.6) is 0 Å². The molecule has 1 aromatic rings. The molecule has 0 radical (unpaired) electrons. The maximum Gasteiger partial charge on any atom is 0.338 e. The first-order valence-corrected chi connectivity index (χ1v) is 7.40. The van der Waals surface area contributed by atoms with E-state index in [9.17, 15) is 9.59 Å². The quantitative estimate of drug-likeness (QED) is 0.815. The van der Waals surface area contributed by atoms with Gasteiger partial charge in [-0.3, -0.25) is 4.79 Å². The molecule has 1 aliphatic rings. The molecule has 0 heterocycles. The summed E-state index contributed by atoms with van der Waals surface area (Å²) in [5.41, 5.74) is 6.52. The van der Waals surface area contributed by atoms with Gasteiger partial charge in [-0.25, -0.2) is 4.79 Å². The third-order valence-electron chi connectivity index (χ3n) is 4.09. The zero-order chi connectivity index (χ0) is 15.3. The molecule has 21 heavy (non-hydrogen) atoms. The SMILES string of the molecule is CCOC(=O)c1ccc(NC(=O)C2(CN)CCCC2)cc1. The fraction of sp³-hybridized carbons (Fsp3) is 0.500. The topological polar surface area (TPSA) is 81.4 Å². The van der Waals surface area contributed by atoms with E-state index in [2.05, 4.69) is 5.32 Å². The summed E-state index contributed by atoms with van der Waals surface area (Å²) in [7, 11) is 0. The lowest BCUT2D eigenvalue weighted by Crippen LogP contribution is -2.40. The first-order chi connectivity index (χ1) is 10.1. The van der Waals surface area contributed by atoms with Crippen molar-refractivity contribution in [2.24, 2.45) is 11.1 Å². The minimum Gasteiger partial charge on any atom is -0.462 e. The van der Waals surface area contributed by atoms with Gasteiger partial charge < -0.3 is 15.8 Å². The molecule has 1 aliphatic carbocycles. The van der Waals surface area contributed by atoms with Crippen LogP contribution in [0.3, 0.4) is 0 Å². The van der Waals surface area contributed by atoms with E-state index in [1.165, 1.54) is 0 Å². The van der Waals surface area contributed by atoms with Gasteiger partial charge in [-0.05, 0) is 44.0 Å². The Morgan fingerprint density at radius 2 is 1.86 bits per heavy atom.